The van der Waals surface area contributed by atoms with Crippen LogP contribution < -0.4 is 5.32 Å². The van der Waals surface area contributed by atoms with E-state index in [4.69, 9.17) is 0 Å². The van der Waals surface area contributed by atoms with E-state index in [0.29, 0.717) is 5.41 Å². The minimum Gasteiger partial charge on any atom is -0.316 e. The van der Waals surface area contributed by atoms with Crippen molar-refractivity contribution in [3.8, 4) is 0 Å². The molecule has 0 bridgehead atoms. The number of nitrogens with zero attached hydrogens (tertiary/aromatic N) is 1. The van der Waals surface area contributed by atoms with Crippen LogP contribution in [0.3, 0.4) is 0 Å². The fourth-order valence-corrected chi connectivity index (χ4v) is 4.06. The molecule has 0 spiro atoms. The Morgan fingerprint density at radius 1 is 1.33 bits per heavy atom. The summed E-state index contributed by atoms with van der Waals surface area (Å²) < 4.78 is 0. The standard InChI is InChI=1S/C18H28N2.ClH/c1-14-4-5-17(15(2)10-14)16-6-9-20(11-16)13-18(3)7-8-19-12-18;/h4-5,10,16,19H,6-9,11-13H2,1-3H3;1H. The number of rotatable bonds is 3. The molecule has 2 fully saturated rings. The zero-order valence-corrected chi connectivity index (χ0v) is 14.4. The van der Waals surface area contributed by atoms with Gasteiger partial charge in [-0.15, -0.1) is 12.4 Å². The molecule has 2 unspecified atom stereocenters. The molecule has 2 saturated heterocycles. The van der Waals surface area contributed by atoms with E-state index in [2.05, 4.69) is 49.2 Å². The van der Waals surface area contributed by atoms with Crippen LogP contribution >= 0.6 is 12.4 Å². The first kappa shape index (κ1) is 16.8. The quantitative estimate of drug-likeness (QED) is 0.919. The predicted octanol–water partition coefficient (Wildman–Crippen LogP) is 3.51. The third kappa shape index (κ3) is 3.80. The van der Waals surface area contributed by atoms with E-state index in [1.165, 1.54) is 56.7 Å². The molecule has 0 saturated carbocycles. The molecule has 0 amide bonds. The highest BCUT2D eigenvalue weighted by atomic mass is 35.5. The van der Waals surface area contributed by atoms with Crippen LogP contribution in [-0.4, -0.2) is 37.6 Å². The summed E-state index contributed by atoms with van der Waals surface area (Å²) in [5.41, 5.74) is 4.93. The van der Waals surface area contributed by atoms with Crippen LogP contribution in [0.5, 0.6) is 0 Å². The minimum absolute atomic E-state index is 0. The van der Waals surface area contributed by atoms with Crippen molar-refractivity contribution >= 4 is 12.4 Å². The highest BCUT2D eigenvalue weighted by Crippen LogP contribution is 2.33. The highest BCUT2D eigenvalue weighted by Gasteiger charge is 2.34. The third-order valence-electron chi connectivity index (χ3n) is 5.20. The summed E-state index contributed by atoms with van der Waals surface area (Å²) in [6.45, 7) is 13.1. The lowest BCUT2D eigenvalue weighted by molar-refractivity contribution is 0.207. The Morgan fingerprint density at radius 2 is 2.14 bits per heavy atom. The van der Waals surface area contributed by atoms with Gasteiger partial charge in [-0.2, -0.15) is 0 Å². The second-order valence-electron chi connectivity index (χ2n) is 7.32. The minimum atomic E-state index is 0. The Balaban J connectivity index is 0.00000161. The molecule has 21 heavy (non-hydrogen) atoms. The van der Waals surface area contributed by atoms with Crippen molar-refractivity contribution in [2.45, 2.75) is 39.5 Å². The normalized spacial score (nSPS) is 29.6. The van der Waals surface area contributed by atoms with E-state index < -0.39 is 0 Å². The van der Waals surface area contributed by atoms with Crippen LogP contribution in [0.25, 0.3) is 0 Å². The summed E-state index contributed by atoms with van der Waals surface area (Å²) in [5, 5.41) is 3.52. The fourth-order valence-electron chi connectivity index (χ4n) is 4.06. The van der Waals surface area contributed by atoms with Crippen LogP contribution in [-0.2, 0) is 0 Å². The molecule has 0 aliphatic carbocycles. The van der Waals surface area contributed by atoms with Crippen molar-refractivity contribution < 1.29 is 0 Å². The molecule has 2 aliphatic rings. The van der Waals surface area contributed by atoms with E-state index >= 15 is 0 Å². The second kappa shape index (κ2) is 6.68. The molecule has 2 aliphatic heterocycles. The van der Waals surface area contributed by atoms with Crippen LogP contribution in [0, 0.1) is 19.3 Å². The molecule has 1 N–H and O–H groups in total. The second-order valence-corrected chi connectivity index (χ2v) is 7.32. The average Bonchev–Trinajstić information content (AvgIpc) is 2.99. The summed E-state index contributed by atoms with van der Waals surface area (Å²) in [7, 11) is 0. The van der Waals surface area contributed by atoms with Gasteiger partial charge in [0.25, 0.3) is 0 Å². The lowest BCUT2D eigenvalue weighted by atomic mass is 9.89. The van der Waals surface area contributed by atoms with Crippen LogP contribution in [0.4, 0.5) is 0 Å². The number of benzene rings is 1. The van der Waals surface area contributed by atoms with Gasteiger partial charge in [-0.3, -0.25) is 0 Å². The van der Waals surface area contributed by atoms with Gasteiger partial charge in [-0.1, -0.05) is 30.7 Å². The summed E-state index contributed by atoms with van der Waals surface area (Å²) in [6.07, 6.45) is 2.66. The van der Waals surface area contributed by atoms with E-state index in [9.17, 15) is 0 Å². The number of hydrogen-bond donors (Lipinski definition) is 1. The average molecular weight is 309 g/mol. The van der Waals surface area contributed by atoms with Crippen LogP contribution in [0.15, 0.2) is 18.2 Å². The fraction of sp³-hybridized carbons (Fsp3) is 0.667. The molecule has 3 heteroatoms. The number of aryl methyl sites for hydroxylation is 2. The van der Waals surface area contributed by atoms with E-state index in [0.717, 1.165) is 5.92 Å². The highest BCUT2D eigenvalue weighted by molar-refractivity contribution is 5.85. The Kier molecular flexibility index (Phi) is 5.34. The van der Waals surface area contributed by atoms with Crippen molar-refractivity contribution in [3.05, 3.63) is 34.9 Å². The number of hydrogen-bond acceptors (Lipinski definition) is 2. The first-order valence-electron chi connectivity index (χ1n) is 8.06. The van der Waals surface area contributed by atoms with Crippen LogP contribution in [0.1, 0.15) is 42.4 Å². The number of nitrogens with one attached hydrogen (secondary N) is 1. The monoisotopic (exact) mass is 308 g/mol. The van der Waals surface area contributed by atoms with E-state index in [1.807, 2.05) is 0 Å². The first-order valence-corrected chi connectivity index (χ1v) is 8.06. The van der Waals surface area contributed by atoms with Gasteiger partial charge in [0, 0.05) is 19.6 Å². The molecular formula is C18H29ClN2. The van der Waals surface area contributed by atoms with E-state index in [1.54, 1.807) is 5.56 Å². The van der Waals surface area contributed by atoms with Gasteiger partial charge in [0.15, 0.2) is 0 Å². The largest absolute Gasteiger partial charge is 0.316 e. The number of halogens is 1. The molecule has 1 aromatic carbocycles. The van der Waals surface area contributed by atoms with E-state index in [-0.39, 0.29) is 12.4 Å². The predicted molar refractivity (Wildman–Crippen MR) is 92.6 cm³/mol. The Labute approximate surface area is 135 Å². The maximum atomic E-state index is 3.52. The first-order chi connectivity index (χ1) is 9.56. The molecule has 2 nitrogen and oxygen atoms in total. The topological polar surface area (TPSA) is 15.3 Å². The van der Waals surface area contributed by atoms with Crippen molar-refractivity contribution in [3.63, 3.8) is 0 Å². The smallest absolute Gasteiger partial charge is 0.00511 e. The van der Waals surface area contributed by atoms with Gasteiger partial charge in [0.2, 0.25) is 0 Å². The van der Waals surface area contributed by atoms with Crippen molar-refractivity contribution in [2.24, 2.45) is 5.41 Å². The van der Waals surface area contributed by atoms with Gasteiger partial charge in [-0.05, 0) is 62.2 Å². The summed E-state index contributed by atoms with van der Waals surface area (Å²) >= 11 is 0. The van der Waals surface area contributed by atoms with Gasteiger partial charge in [0.1, 0.15) is 0 Å². The zero-order valence-electron chi connectivity index (χ0n) is 13.6. The van der Waals surface area contributed by atoms with Gasteiger partial charge >= 0.3 is 0 Å². The van der Waals surface area contributed by atoms with Gasteiger partial charge < -0.3 is 10.2 Å². The molecule has 0 radical (unpaired) electrons. The maximum Gasteiger partial charge on any atom is 0.00511 e. The SMILES string of the molecule is Cc1ccc(C2CCN(CC3(C)CCNC3)C2)c(C)c1.Cl. The Morgan fingerprint density at radius 3 is 2.81 bits per heavy atom. The molecule has 2 heterocycles. The third-order valence-corrected chi connectivity index (χ3v) is 5.20. The molecule has 0 aromatic heterocycles. The molecular weight excluding hydrogens is 280 g/mol. The van der Waals surface area contributed by atoms with Crippen molar-refractivity contribution in [1.82, 2.24) is 10.2 Å². The zero-order chi connectivity index (χ0) is 14.2. The Hall–Kier alpha value is -0.570. The van der Waals surface area contributed by atoms with Crippen molar-refractivity contribution in [2.75, 3.05) is 32.7 Å². The summed E-state index contributed by atoms with van der Waals surface area (Å²) in [4.78, 5) is 2.69. The number of likely N-dealkylation sites (tertiary alicyclic amines) is 1. The Bertz CT molecular complexity index is 480. The lowest BCUT2D eigenvalue weighted by Crippen LogP contribution is -2.36. The van der Waals surface area contributed by atoms with Crippen LogP contribution in [0.2, 0.25) is 0 Å². The molecule has 1 aromatic rings. The summed E-state index contributed by atoms with van der Waals surface area (Å²) in [5.74, 6) is 0.744. The van der Waals surface area contributed by atoms with Gasteiger partial charge in [0.05, 0.1) is 0 Å². The van der Waals surface area contributed by atoms with Gasteiger partial charge in [-0.25, -0.2) is 0 Å². The molecule has 118 valence electrons. The summed E-state index contributed by atoms with van der Waals surface area (Å²) in [6, 6.07) is 6.96. The molecule has 3 rings (SSSR count). The lowest BCUT2D eigenvalue weighted by Gasteiger charge is -2.29. The maximum absolute atomic E-state index is 3.52. The molecule has 2 atom stereocenters. The van der Waals surface area contributed by atoms with Crippen molar-refractivity contribution in [1.29, 1.82) is 0 Å².